The van der Waals surface area contributed by atoms with Gasteiger partial charge in [-0.1, -0.05) is 17.7 Å². The standard InChI is InChI=1S/C14H9ClF3NO2/c15-11-3-2-8(14(16,17)18)6-9(11)7-1-4-12(20)10(5-7)13(19)21/h1-6,20H,(H2,19,21). The van der Waals surface area contributed by atoms with Crippen LogP contribution < -0.4 is 5.73 Å². The topological polar surface area (TPSA) is 63.3 Å². The van der Waals surface area contributed by atoms with E-state index in [-0.39, 0.29) is 27.5 Å². The number of amides is 1. The molecule has 0 fully saturated rings. The van der Waals surface area contributed by atoms with Crippen LogP contribution in [-0.2, 0) is 6.18 Å². The second-order valence-corrected chi connectivity index (χ2v) is 4.70. The highest BCUT2D eigenvalue weighted by atomic mass is 35.5. The average molecular weight is 316 g/mol. The fourth-order valence-electron chi connectivity index (χ4n) is 1.82. The van der Waals surface area contributed by atoms with Crippen LogP contribution in [0, 0.1) is 0 Å². The number of carbonyl (C=O) groups is 1. The number of benzene rings is 2. The van der Waals surface area contributed by atoms with Crippen molar-refractivity contribution in [1.82, 2.24) is 0 Å². The van der Waals surface area contributed by atoms with Gasteiger partial charge in [-0.3, -0.25) is 4.79 Å². The van der Waals surface area contributed by atoms with Gasteiger partial charge in [0.2, 0.25) is 0 Å². The molecule has 3 N–H and O–H groups in total. The Kier molecular flexibility index (Phi) is 3.82. The summed E-state index contributed by atoms with van der Waals surface area (Å²) in [5.41, 5.74) is 4.37. The summed E-state index contributed by atoms with van der Waals surface area (Å²) >= 11 is 5.91. The maximum atomic E-state index is 12.7. The number of carbonyl (C=O) groups excluding carboxylic acids is 1. The van der Waals surface area contributed by atoms with Crippen molar-refractivity contribution >= 4 is 17.5 Å². The molecule has 0 saturated carbocycles. The molecule has 0 aromatic heterocycles. The molecule has 0 saturated heterocycles. The molecule has 21 heavy (non-hydrogen) atoms. The van der Waals surface area contributed by atoms with Crippen molar-refractivity contribution in [2.24, 2.45) is 5.73 Å². The van der Waals surface area contributed by atoms with E-state index in [1.54, 1.807) is 0 Å². The van der Waals surface area contributed by atoms with Gasteiger partial charge < -0.3 is 10.8 Å². The Labute approximate surface area is 122 Å². The average Bonchev–Trinajstić information content (AvgIpc) is 2.38. The van der Waals surface area contributed by atoms with Gasteiger partial charge in [0.25, 0.3) is 5.91 Å². The Balaban J connectivity index is 2.61. The molecule has 0 aliphatic heterocycles. The summed E-state index contributed by atoms with van der Waals surface area (Å²) in [5, 5.41) is 9.58. The molecule has 0 unspecified atom stereocenters. The molecule has 110 valence electrons. The van der Waals surface area contributed by atoms with Crippen LogP contribution in [0.25, 0.3) is 11.1 Å². The normalized spacial score (nSPS) is 11.4. The molecular formula is C14H9ClF3NO2. The highest BCUT2D eigenvalue weighted by Gasteiger charge is 2.31. The molecule has 2 aromatic carbocycles. The largest absolute Gasteiger partial charge is 0.507 e. The molecule has 2 rings (SSSR count). The van der Waals surface area contributed by atoms with Gasteiger partial charge in [-0.2, -0.15) is 13.2 Å². The summed E-state index contributed by atoms with van der Waals surface area (Å²) in [6.45, 7) is 0. The number of hydrogen-bond donors (Lipinski definition) is 2. The minimum Gasteiger partial charge on any atom is -0.507 e. The molecule has 0 heterocycles. The number of rotatable bonds is 2. The number of primary amides is 1. The number of alkyl halides is 3. The van der Waals surface area contributed by atoms with Crippen molar-refractivity contribution in [2.75, 3.05) is 0 Å². The first-order chi connectivity index (χ1) is 9.70. The van der Waals surface area contributed by atoms with Crippen LogP contribution in [0.2, 0.25) is 5.02 Å². The van der Waals surface area contributed by atoms with E-state index >= 15 is 0 Å². The Morgan fingerprint density at radius 2 is 1.81 bits per heavy atom. The minimum atomic E-state index is -4.51. The van der Waals surface area contributed by atoms with Gasteiger partial charge in [-0.05, 0) is 35.9 Å². The molecule has 0 bridgehead atoms. The van der Waals surface area contributed by atoms with Crippen LogP contribution in [0.15, 0.2) is 36.4 Å². The lowest BCUT2D eigenvalue weighted by molar-refractivity contribution is -0.137. The first-order valence-corrected chi connectivity index (χ1v) is 6.08. The lowest BCUT2D eigenvalue weighted by atomic mass is 10.00. The predicted molar refractivity (Wildman–Crippen MR) is 72.1 cm³/mol. The molecule has 0 spiro atoms. The van der Waals surface area contributed by atoms with E-state index in [0.717, 1.165) is 18.2 Å². The molecule has 7 heteroatoms. The van der Waals surface area contributed by atoms with Crippen LogP contribution in [0.5, 0.6) is 5.75 Å². The Hall–Kier alpha value is -2.21. The van der Waals surface area contributed by atoms with Gasteiger partial charge in [0.1, 0.15) is 5.75 Å². The van der Waals surface area contributed by atoms with E-state index in [1.165, 1.54) is 18.2 Å². The van der Waals surface area contributed by atoms with E-state index < -0.39 is 17.6 Å². The minimum absolute atomic E-state index is 0.0871. The Bertz CT molecular complexity index is 714. The zero-order valence-corrected chi connectivity index (χ0v) is 11.2. The SMILES string of the molecule is NC(=O)c1cc(-c2cc(C(F)(F)F)ccc2Cl)ccc1O. The quantitative estimate of drug-likeness (QED) is 0.884. The summed E-state index contributed by atoms with van der Waals surface area (Å²) in [5.74, 6) is -1.24. The van der Waals surface area contributed by atoms with Crippen LogP contribution >= 0.6 is 11.6 Å². The first-order valence-electron chi connectivity index (χ1n) is 5.70. The maximum absolute atomic E-state index is 12.7. The van der Waals surface area contributed by atoms with Crippen molar-refractivity contribution in [1.29, 1.82) is 0 Å². The molecule has 2 aromatic rings. The fraction of sp³-hybridized carbons (Fsp3) is 0.0714. The zero-order valence-electron chi connectivity index (χ0n) is 10.4. The second-order valence-electron chi connectivity index (χ2n) is 4.29. The fourth-order valence-corrected chi connectivity index (χ4v) is 2.05. The van der Waals surface area contributed by atoms with Crippen molar-refractivity contribution in [3.05, 3.63) is 52.5 Å². The molecule has 0 aliphatic carbocycles. The number of hydrogen-bond acceptors (Lipinski definition) is 2. The van der Waals surface area contributed by atoms with Crippen molar-refractivity contribution in [3.8, 4) is 16.9 Å². The third-order valence-corrected chi connectivity index (χ3v) is 3.20. The van der Waals surface area contributed by atoms with Gasteiger partial charge in [0.05, 0.1) is 11.1 Å². The summed E-state index contributed by atoms with van der Waals surface area (Å²) in [6.07, 6.45) is -4.51. The summed E-state index contributed by atoms with van der Waals surface area (Å²) in [6, 6.07) is 6.57. The van der Waals surface area contributed by atoms with E-state index in [4.69, 9.17) is 17.3 Å². The van der Waals surface area contributed by atoms with Gasteiger partial charge in [-0.15, -0.1) is 0 Å². The number of aromatic hydroxyl groups is 1. The maximum Gasteiger partial charge on any atom is 0.416 e. The monoisotopic (exact) mass is 315 g/mol. The third-order valence-electron chi connectivity index (χ3n) is 2.87. The van der Waals surface area contributed by atoms with Crippen LogP contribution in [0.4, 0.5) is 13.2 Å². The number of halogens is 4. The third kappa shape index (κ3) is 3.11. The molecular weight excluding hydrogens is 307 g/mol. The number of nitrogens with two attached hydrogens (primary N) is 1. The van der Waals surface area contributed by atoms with E-state index in [9.17, 15) is 23.1 Å². The van der Waals surface area contributed by atoms with Crippen LogP contribution in [-0.4, -0.2) is 11.0 Å². The predicted octanol–water partition coefficient (Wildman–Crippen LogP) is 3.83. The van der Waals surface area contributed by atoms with Gasteiger partial charge in [0, 0.05) is 10.6 Å². The van der Waals surface area contributed by atoms with Crippen molar-refractivity contribution in [3.63, 3.8) is 0 Å². The van der Waals surface area contributed by atoms with E-state index in [1.807, 2.05) is 0 Å². The molecule has 0 radical (unpaired) electrons. The molecule has 1 amide bonds. The van der Waals surface area contributed by atoms with Crippen molar-refractivity contribution in [2.45, 2.75) is 6.18 Å². The zero-order chi connectivity index (χ0) is 15.8. The number of phenols is 1. The van der Waals surface area contributed by atoms with Gasteiger partial charge >= 0.3 is 6.18 Å². The van der Waals surface area contributed by atoms with Gasteiger partial charge in [-0.25, -0.2) is 0 Å². The first kappa shape index (κ1) is 15.2. The summed E-state index contributed by atoms with van der Waals surface area (Å²) < 4.78 is 38.2. The lowest BCUT2D eigenvalue weighted by Gasteiger charge is -2.11. The smallest absolute Gasteiger partial charge is 0.416 e. The lowest BCUT2D eigenvalue weighted by Crippen LogP contribution is -2.11. The summed E-state index contributed by atoms with van der Waals surface area (Å²) in [7, 11) is 0. The Morgan fingerprint density at radius 3 is 2.38 bits per heavy atom. The highest BCUT2D eigenvalue weighted by Crippen LogP contribution is 2.36. The van der Waals surface area contributed by atoms with Crippen LogP contribution in [0.3, 0.4) is 0 Å². The summed E-state index contributed by atoms with van der Waals surface area (Å²) in [4.78, 5) is 11.2. The van der Waals surface area contributed by atoms with Gasteiger partial charge in [0.15, 0.2) is 0 Å². The molecule has 0 aliphatic rings. The molecule has 3 nitrogen and oxygen atoms in total. The highest BCUT2D eigenvalue weighted by molar-refractivity contribution is 6.33. The molecule has 0 atom stereocenters. The Morgan fingerprint density at radius 1 is 1.14 bits per heavy atom. The van der Waals surface area contributed by atoms with E-state index in [2.05, 4.69) is 0 Å². The van der Waals surface area contributed by atoms with Crippen molar-refractivity contribution < 1.29 is 23.1 Å². The second kappa shape index (κ2) is 5.29. The van der Waals surface area contributed by atoms with Crippen LogP contribution in [0.1, 0.15) is 15.9 Å². The van der Waals surface area contributed by atoms with E-state index in [0.29, 0.717) is 0 Å².